The minimum absolute atomic E-state index is 0.691. The van der Waals surface area contributed by atoms with Gasteiger partial charge in [0.05, 0.1) is 18.9 Å². The van der Waals surface area contributed by atoms with Gasteiger partial charge in [-0.1, -0.05) is 60.7 Å². The number of rotatable bonds is 4. The molecule has 114 valence electrons. The van der Waals surface area contributed by atoms with Crippen molar-refractivity contribution in [2.75, 3.05) is 0 Å². The lowest BCUT2D eigenvalue weighted by molar-refractivity contribution is 0.134. The molecule has 2 nitrogen and oxygen atoms in total. The van der Waals surface area contributed by atoms with Crippen LogP contribution in [0.15, 0.2) is 66.7 Å². The van der Waals surface area contributed by atoms with Crippen LogP contribution in [-0.2, 0) is 30.8 Å². The zero-order valence-corrected chi connectivity index (χ0v) is 13.0. The summed E-state index contributed by atoms with van der Waals surface area (Å²) in [6.45, 7) is 1.40. The molecule has 0 aliphatic carbocycles. The van der Waals surface area contributed by atoms with Gasteiger partial charge in [-0.05, 0) is 22.8 Å². The fourth-order valence-electron chi connectivity index (χ4n) is 3.15. The monoisotopic (exact) mass is 301 g/mol. The quantitative estimate of drug-likeness (QED) is 0.717. The Morgan fingerprint density at radius 1 is 0.783 bits per heavy atom. The van der Waals surface area contributed by atoms with Gasteiger partial charge in [0.2, 0.25) is 0 Å². The van der Waals surface area contributed by atoms with Crippen molar-refractivity contribution < 1.29 is 4.74 Å². The van der Waals surface area contributed by atoms with Crippen LogP contribution in [-0.4, -0.2) is 4.98 Å². The van der Waals surface area contributed by atoms with Gasteiger partial charge < -0.3 is 4.74 Å². The van der Waals surface area contributed by atoms with Crippen LogP contribution < -0.4 is 0 Å². The molecule has 1 aromatic heterocycles. The van der Waals surface area contributed by atoms with Crippen LogP contribution in [0.5, 0.6) is 0 Å². The van der Waals surface area contributed by atoms with Crippen molar-refractivity contribution in [3.63, 3.8) is 0 Å². The molecular formula is C21H19NO. The van der Waals surface area contributed by atoms with E-state index in [1.807, 2.05) is 6.07 Å². The average Bonchev–Trinajstić information content (AvgIpc) is 3.05. The highest BCUT2D eigenvalue weighted by Gasteiger charge is 2.18. The zero-order valence-electron chi connectivity index (χ0n) is 13.0. The molecule has 0 atom stereocenters. The molecule has 0 N–H and O–H groups in total. The molecule has 4 rings (SSSR count). The van der Waals surface area contributed by atoms with Gasteiger partial charge in [0.1, 0.15) is 0 Å². The molecule has 0 unspecified atom stereocenters. The summed E-state index contributed by atoms with van der Waals surface area (Å²) >= 11 is 0. The van der Waals surface area contributed by atoms with E-state index in [1.54, 1.807) is 0 Å². The second-order valence-electron chi connectivity index (χ2n) is 6.02. The van der Waals surface area contributed by atoms with Gasteiger partial charge in [-0.3, -0.25) is 4.98 Å². The standard InChI is InChI=1S/C21H19NO/c1-3-7-16(8-4-1)11-19-13-18-14-23-15-20(18)21(22-19)12-17-9-5-2-6-10-17/h1-10,13H,11-12,14-15H2. The largest absolute Gasteiger partial charge is 0.372 e. The molecule has 0 spiro atoms. The Balaban J connectivity index is 1.68. The molecule has 2 heteroatoms. The van der Waals surface area contributed by atoms with E-state index >= 15 is 0 Å². The number of hydrogen-bond donors (Lipinski definition) is 0. The third kappa shape index (κ3) is 3.17. The number of benzene rings is 2. The molecule has 0 amide bonds. The third-order valence-electron chi connectivity index (χ3n) is 4.30. The van der Waals surface area contributed by atoms with E-state index in [0.29, 0.717) is 13.2 Å². The van der Waals surface area contributed by atoms with E-state index in [-0.39, 0.29) is 0 Å². The summed E-state index contributed by atoms with van der Waals surface area (Å²) in [6.07, 6.45) is 1.74. The molecule has 2 heterocycles. The van der Waals surface area contributed by atoms with Crippen LogP contribution in [0.25, 0.3) is 0 Å². The fourth-order valence-corrected chi connectivity index (χ4v) is 3.15. The molecule has 0 saturated carbocycles. The summed E-state index contributed by atoms with van der Waals surface area (Å²) in [7, 11) is 0. The van der Waals surface area contributed by atoms with E-state index in [9.17, 15) is 0 Å². The Labute approximate surface area is 136 Å². The summed E-state index contributed by atoms with van der Waals surface area (Å²) in [5.74, 6) is 0. The Hall–Kier alpha value is -2.45. The molecule has 0 saturated heterocycles. The minimum atomic E-state index is 0.691. The molecule has 23 heavy (non-hydrogen) atoms. The second-order valence-corrected chi connectivity index (χ2v) is 6.02. The predicted octanol–water partition coefficient (Wildman–Crippen LogP) is 4.29. The maximum atomic E-state index is 5.66. The molecule has 0 bridgehead atoms. The predicted molar refractivity (Wildman–Crippen MR) is 91.2 cm³/mol. The Morgan fingerprint density at radius 3 is 2.13 bits per heavy atom. The number of fused-ring (bicyclic) bond motifs is 1. The Bertz CT molecular complexity index is 797. The molecule has 3 aromatic rings. The molecule has 0 radical (unpaired) electrons. The van der Waals surface area contributed by atoms with Crippen molar-refractivity contribution in [2.45, 2.75) is 26.1 Å². The van der Waals surface area contributed by atoms with Gasteiger partial charge in [0.25, 0.3) is 0 Å². The van der Waals surface area contributed by atoms with E-state index in [1.165, 1.54) is 22.3 Å². The second kappa shape index (κ2) is 6.35. The normalized spacial score (nSPS) is 13.0. The van der Waals surface area contributed by atoms with Gasteiger partial charge in [-0.2, -0.15) is 0 Å². The highest BCUT2D eigenvalue weighted by molar-refractivity contribution is 5.38. The van der Waals surface area contributed by atoms with Gasteiger partial charge in [0, 0.05) is 24.1 Å². The van der Waals surface area contributed by atoms with Gasteiger partial charge in [0.15, 0.2) is 0 Å². The number of ether oxygens (including phenoxy) is 1. The summed E-state index contributed by atoms with van der Waals surface area (Å²) in [4.78, 5) is 4.95. The lowest BCUT2D eigenvalue weighted by Crippen LogP contribution is -2.04. The van der Waals surface area contributed by atoms with E-state index in [2.05, 4.69) is 60.7 Å². The van der Waals surface area contributed by atoms with Crippen LogP contribution >= 0.6 is 0 Å². The average molecular weight is 301 g/mol. The van der Waals surface area contributed by atoms with Crippen molar-refractivity contribution in [1.82, 2.24) is 4.98 Å². The first-order valence-electron chi connectivity index (χ1n) is 8.04. The van der Waals surface area contributed by atoms with Crippen molar-refractivity contribution >= 4 is 0 Å². The van der Waals surface area contributed by atoms with Crippen LogP contribution in [0.1, 0.15) is 33.6 Å². The summed E-state index contributed by atoms with van der Waals surface area (Å²) in [5.41, 5.74) is 7.47. The van der Waals surface area contributed by atoms with Gasteiger partial charge in [-0.15, -0.1) is 0 Å². The first-order chi connectivity index (χ1) is 11.4. The summed E-state index contributed by atoms with van der Waals surface area (Å²) in [5, 5.41) is 0. The fraction of sp³-hybridized carbons (Fsp3) is 0.190. The molecule has 1 aliphatic rings. The Morgan fingerprint density at radius 2 is 1.43 bits per heavy atom. The highest BCUT2D eigenvalue weighted by atomic mass is 16.5. The maximum absolute atomic E-state index is 5.66. The van der Waals surface area contributed by atoms with Crippen LogP contribution in [0.2, 0.25) is 0 Å². The molecule has 0 fully saturated rings. The molecule has 1 aliphatic heterocycles. The van der Waals surface area contributed by atoms with Crippen LogP contribution in [0, 0.1) is 0 Å². The lowest BCUT2D eigenvalue weighted by Gasteiger charge is -2.10. The summed E-state index contributed by atoms with van der Waals surface area (Å²) < 4.78 is 5.66. The van der Waals surface area contributed by atoms with Crippen molar-refractivity contribution in [3.8, 4) is 0 Å². The van der Waals surface area contributed by atoms with E-state index in [0.717, 1.165) is 24.2 Å². The third-order valence-corrected chi connectivity index (χ3v) is 4.30. The van der Waals surface area contributed by atoms with Crippen LogP contribution in [0.4, 0.5) is 0 Å². The van der Waals surface area contributed by atoms with Crippen molar-refractivity contribution in [1.29, 1.82) is 0 Å². The Kier molecular flexibility index (Phi) is 3.91. The first kappa shape index (κ1) is 14.2. The number of pyridine rings is 1. The highest BCUT2D eigenvalue weighted by Crippen LogP contribution is 2.26. The van der Waals surface area contributed by atoms with Gasteiger partial charge in [-0.25, -0.2) is 0 Å². The van der Waals surface area contributed by atoms with E-state index in [4.69, 9.17) is 9.72 Å². The molecular weight excluding hydrogens is 282 g/mol. The first-order valence-corrected chi connectivity index (χ1v) is 8.04. The maximum Gasteiger partial charge on any atom is 0.0742 e. The number of aromatic nitrogens is 1. The van der Waals surface area contributed by atoms with Crippen molar-refractivity contribution in [2.24, 2.45) is 0 Å². The van der Waals surface area contributed by atoms with Crippen molar-refractivity contribution in [3.05, 3.63) is 100 Å². The zero-order chi connectivity index (χ0) is 15.5. The van der Waals surface area contributed by atoms with Gasteiger partial charge >= 0.3 is 0 Å². The smallest absolute Gasteiger partial charge is 0.0742 e. The SMILES string of the molecule is c1ccc(Cc2cc3c(c(Cc4ccccc4)n2)COC3)cc1. The number of hydrogen-bond acceptors (Lipinski definition) is 2. The topological polar surface area (TPSA) is 22.1 Å². The van der Waals surface area contributed by atoms with Crippen LogP contribution in [0.3, 0.4) is 0 Å². The number of nitrogens with zero attached hydrogens (tertiary/aromatic N) is 1. The molecule has 2 aromatic carbocycles. The summed E-state index contributed by atoms with van der Waals surface area (Å²) in [6, 6.07) is 23.3. The van der Waals surface area contributed by atoms with E-state index < -0.39 is 0 Å². The lowest BCUT2D eigenvalue weighted by atomic mass is 10.00. The minimum Gasteiger partial charge on any atom is -0.372 e.